The molecule has 1 heterocycles. The lowest BCUT2D eigenvalue weighted by atomic mass is 9.98. The van der Waals surface area contributed by atoms with Crippen LogP contribution in [0.15, 0.2) is 48.5 Å². The number of carbonyl (C=O) groups is 1. The van der Waals surface area contributed by atoms with Gasteiger partial charge in [-0.25, -0.2) is 9.40 Å². The van der Waals surface area contributed by atoms with E-state index in [0.29, 0.717) is 16.1 Å². The Kier molecular flexibility index (Phi) is 4.07. The zero-order valence-electron chi connectivity index (χ0n) is 12.4. The first-order valence-electron chi connectivity index (χ1n) is 7.03. The van der Waals surface area contributed by atoms with E-state index >= 15 is 0 Å². The molecular weight excluding hydrogens is 317 g/mol. The summed E-state index contributed by atoms with van der Waals surface area (Å²) in [5.74, 6) is -0.820. The van der Waals surface area contributed by atoms with Crippen molar-refractivity contribution < 1.29 is 9.18 Å². The molecule has 4 nitrogen and oxygen atoms in total. The Morgan fingerprint density at radius 1 is 1.26 bits per heavy atom. The maximum Gasteiger partial charge on any atom is 0.249 e. The first kappa shape index (κ1) is 15.5. The van der Waals surface area contributed by atoms with Crippen LogP contribution in [0, 0.1) is 5.82 Å². The molecule has 0 aromatic heterocycles. The number of primary amides is 1. The first-order valence-corrected chi connectivity index (χ1v) is 7.40. The van der Waals surface area contributed by atoms with Crippen molar-refractivity contribution in [1.82, 2.24) is 10.4 Å². The van der Waals surface area contributed by atoms with Crippen molar-refractivity contribution in [2.45, 2.75) is 6.04 Å². The van der Waals surface area contributed by atoms with Gasteiger partial charge in [-0.15, -0.1) is 0 Å². The highest BCUT2D eigenvalue weighted by molar-refractivity contribution is 6.32. The topological polar surface area (TPSA) is 58.4 Å². The monoisotopic (exact) mass is 331 g/mol. The van der Waals surface area contributed by atoms with Gasteiger partial charge in [-0.05, 0) is 48.0 Å². The molecule has 1 unspecified atom stereocenters. The number of nitrogens with two attached hydrogens (primary N) is 1. The van der Waals surface area contributed by atoms with Crippen molar-refractivity contribution in [1.29, 1.82) is 0 Å². The van der Waals surface area contributed by atoms with Gasteiger partial charge in [0.1, 0.15) is 5.82 Å². The molecule has 0 fully saturated rings. The fourth-order valence-corrected chi connectivity index (χ4v) is 2.97. The highest BCUT2D eigenvalue weighted by Gasteiger charge is 2.28. The fourth-order valence-electron chi connectivity index (χ4n) is 2.69. The highest BCUT2D eigenvalue weighted by atomic mass is 35.5. The van der Waals surface area contributed by atoms with Crippen LogP contribution in [0.2, 0.25) is 5.02 Å². The molecule has 0 spiro atoms. The fraction of sp³-hybridized carbons (Fsp3) is 0.118. The predicted octanol–water partition coefficient (Wildman–Crippen LogP) is 3.11. The molecule has 0 saturated heterocycles. The normalized spacial score (nSPS) is 17.7. The number of likely N-dealkylation sites (N-methyl/N-ethyl adjacent to an activating group) is 1. The van der Waals surface area contributed by atoms with Crippen LogP contribution in [0.25, 0.3) is 5.70 Å². The molecule has 0 radical (unpaired) electrons. The maximum atomic E-state index is 13.1. The van der Waals surface area contributed by atoms with Crippen LogP contribution < -0.4 is 11.2 Å². The second-order valence-corrected chi connectivity index (χ2v) is 5.73. The summed E-state index contributed by atoms with van der Waals surface area (Å²) in [5, 5.41) is 2.29. The number of hydrogen-bond donors (Lipinski definition) is 2. The lowest BCUT2D eigenvalue weighted by molar-refractivity contribution is 0.0997. The van der Waals surface area contributed by atoms with E-state index in [9.17, 15) is 9.18 Å². The molecule has 1 aliphatic rings. The summed E-state index contributed by atoms with van der Waals surface area (Å²) < 4.78 is 13.1. The molecule has 2 aromatic carbocycles. The zero-order valence-corrected chi connectivity index (χ0v) is 13.1. The van der Waals surface area contributed by atoms with Crippen LogP contribution >= 0.6 is 11.6 Å². The van der Waals surface area contributed by atoms with Crippen molar-refractivity contribution in [2.24, 2.45) is 5.73 Å². The molecule has 0 aliphatic carbocycles. The SMILES string of the molecule is CN1NC(c2ccc(F)cc2)=CC1c1c(Cl)cccc1C(N)=O. The first-order chi connectivity index (χ1) is 11.0. The maximum absolute atomic E-state index is 13.1. The molecule has 3 N–H and O–H groups in total. The Labute approximate surface area is 138 Å². The minimum absolute atomic E-state index is 0.258. The Hall–Kier alpha value is -2.37. The van der Waals surface area contributed by atoms with Crippen LogP contribution in [-0.2, 0) is 0 Å². The summed E-state index contributed by atoms with van der Waals surface area (Å²) >= 11 is 6.29. The summed E-state index contributed by atoms with van der Waals surface area (Å²) in [6.07, 6.45) is 1.93. The highest BCUT2D eigenvalue weighted by Crippen LogP contribution is 2.35. The van der Waals surface area contributed by atoms with E-state index in [4.69, 9.17) is 17.3 Å². The van der Waals surface area contributed by atoms with Crippen LogP contribution in [-0.4, -0.2) is 18.0 Å². The number of hydrogen-bond acceptors (Lipinski definition) is 3. The van der Waals surface area contributed by atoms with Crippen LogP contribution in [0.3, 0.4) is 0 Å². The van der Waals surface area contributed by atoms with E-state index in [1.807, 2.05) is 18.1 Å². The lowest BCUT2D eigenvalue weighted by Crippen LogP contribution is -2.31. The average molecular weight is 332 g/mol. The number of rotatable bonds is 3. The van der Waals surface area contributed by atoms with Gasteiger partial charge < -0.3 is 11.2 Å². The molecule has 0 saturated carbocycles. The van der Waals surface area contributed by atoms with Gasteiger partial charge in [-0.3, -0.25) is 4.79 Å². The Balaban J connectivity index is 2.04. The van der Waals surface area contributed by atoms with Gasteiger partial charge in [0.2, 0.25) is 5.91 Å². The molecule has 23 heavy (non-hydrogen) atoms. The van der Waals surface area contributed by atoms with E-state index < -0.39 is 5.91 Å². The van der Waals surface area contributed by atoms with Gasteiger partial charge in [0.05, 0.1) is 11.7 Å². The number of amides is 1. The number of nitrogens with zero attached hydrogens (tertiary/aromatic N) is 1. The molecule has 2 aromatic rings. The quantitative estimate of drug-likeness (QED) is 0.908. The number of halogens is 2. The predicted molar refractivity (Wildman–Crippen MR) is 88.0 cm³/mol. The van der Waals surface area contributed by atoms with Gasteiger partial charge in [0.15, 0.2) is 0 Å². The van der Waals surface area contributed by atoms with E-state index in [1.165, 1.54) is 12.1 Å². The molecule has 1 aliphatic heterocycles. The number of carbonyl (C=O) groups excluding carboxylic acids is 1. The van der Waals surface area contributed by atoms with Crippen molar-refractivity contribution in [3.8, 4) is 0 Å². The average Bonchev–Trinajstić information content (AvgIpc) is 2.89. The van der Waals surface area contributed by atoms with Crippen LogP contribution in [0.1, 0.15) is 27.5 Å². The standard InChI is InChI=1S/C17H15ClFN3O/c1-22-15(16-12(17(20)23)3-2-4-13(16)18)9-14(21-22)10-5-7-11(19)8-6-10/h2-9,15,21H,1H3,(H2,20,23). The zero-order chi connectivity index (χ0) is 16.6. The van der Waals surface area contributed by atoms with E-state index in [1.54, 1.807) is 30.3 Å². The van der Waals surface area contributed by atoms with Crippen molar-refractivity contribution >= 4 is 23.2 Å². The summed E-state index contributed by atoms with van der Waals surface area (Å²) in [6, 6.07) is 11.0. The van der Waals surface area contributed by atoms with Crippen molar-refractivity contribution in [3.63, 3.8) is 0 Å². The molecule has 3 rings (SSSR count). The largest absolute Gasteiger partial charge is 0.366 e. The smallest absolute Gasteiger partial charge is 0.249 e. The number of benzene rings is 2. The van der Waals surface area contributed by atoms with Crippen molar-refractivity contribution in [3.05, 3.63) is 76.1 Å². The van der Waals surface area contributed by atoms with Crippen molar-refractivity contribution in [2.75, 3.05) is 7.05 Å². The lowest BCUT2D eigenvalue weighted by Gasteiger charge is -2.22. The second kappa shape index (κ2) is 6.02. The van der Waals surface area contributed by atoms with Crippen LogP contribution in [0.5, 0.6) is 0 Å². The minimum Gasteiger partial charge on any atom is -0.366 e. The van der Waals surface area contributed by atoms with E-state index in [2.05, 4.69) is 5.43 Å². The number of hydrazine groups is 1. The summed E-state index contributed by atoms with van der Waals surface area (Å²) in [6.45, 7) is 0. The Morgan fingerprint density at radius 2 is 1.96 bits per heavy atom. The minimum atomic E-state index is -0.528. The number of nitrogens with one attached hydrogen (secondary N) is 1. The van der Waals surface area contributed by atoms with E-state index in [-0.39, 0.29) is 11.9 Å². The summed E-state index contributed by atoms with van der Waals surface area (Å²) in [5.41, 5.74) is 11.3. The molecule has 1 atom stereocenters. The van der Waals surface area contributed by atoms with E-state index in [0.717, 1.165) is 11.3 Å². The van der Waals surface area contributed by atoms with Crippen LogP contribution in [0.4, 0.5) is 4.39 Å². The molecule has 1 amide bonds. The third kappa shape index (κ3) is 2.93. The molecule has 0 bridgehead atoms. The third-order valence-electron chi connectivity index (χ3n) is 3.81. The Bertz CT molecular complexity index is 789. The Morgan fingerprint density at radius 3 is 2.61 bits per heavy atom. The van der Waals surface area contributed by atoms with Gasteiger partial charge in [0.25, 0.3) is 0 Å². The van der Waals surface area contributed by atoms with Gasteiger partial charge in [-0.2, -0.15) is 0 Å². The molecular formula is C17H15ClFN3O. The summed E-state index contributed by atoms with van der Waals surface area (Å²) in [7, 11) is 1.84. The third-order valence-corrected chi connectivity index (χ3v) is 4.14. The van der Waals surface area contributed by atoms with Gasteiger partial charge >= 0.3 is 0 Å². The van der Waals surface area contributed by atoms with Gasteiger partial charge in [0, 0.05) is 23.2 Å². The summed E-state index contributed by atoms with van der Waals surface area (Å²) in [4.78, 5) is 11.7. The molecule has 118 valence electrons. The molecule has 6 heteroatoms. The second-order valence-electron chi connectivity index (χ2n) is 5.32. The van der Waals surface area contributed by atoms with Gasteiger partial charge in [-0.1, -0.05) is 17.7 Å².